The second kappa shape index (κ2) is 4.29. The van der Waals surface area contributed by atoms with E-state index in [2.05, 4.69) is 0 Å². The van der Waals surface area contributed by atoms with Gasteiger partial charge in [0.1, 0.15) is 0 Å². The summed E-state index contributed by atoms with van der Waals surface area (Å²) >= 11 is 0. The smallest absolute Gasteiger partial charge is 0.341 e. The second-order valence-electron chi connectivity index (χ2n) is 3.52. The van der Waals surface area contributed by atoms with E-state index in [0.29, 0.717) is 16.7 Å². The molecule has 2 aromatic rings. The Morgan fingerprint density at radius 2 is 2.18 bits per heavy atom. The number of fused-ring (bicyclic) bond motifs is 1. The Bertz CT molecular complexity index is 582. The van der Waals surface area contributed by atoms with E-state index < -0.39 is 12.6 Å². The number of para-hydroxylation sites is 1. The van der Waals surface area contributed by atoms with Gasteiger partial charge in [-0.3, -0.25) is 4.79 Å². The van der Waals surface area contributed by atoms with Gasteiger partial charge in [-0.1, -0.05) is 12.1 Å². The van der Waals surface area contributed by atoms with Crippen LogP contribution in [0.25, 0.3) is 11.0 Å². The first-order valence-electron chi connectivity index (χ1n) is 4.96. The summed E-state index contributed by atoms with van der Waals surface area (Å²) in [7, 11) is 0. The van der Waals surface area contributed by atoms with Crippen molar-refractivity contribution < 1.29 is 23.8 Å². The molecular weight excluding hydrogens is 224 g/mol. The van der Waals surface area contributed by atoms with E-state index in [1.807, 2.05) is 0 Å². The van der Waals surface area contributed by atoms with Crippen molar-refractivity contribution in [3.63, 3.8) is 0 Å². The first-order chi connectivity index (χ1) is 8.08. The van der Waals surface area contributed by atoms with Crippen LogP contribution in [-0.2, 0) is 4.79 Å². The van der Waals surface area contributed by atoms with Crippen LogP contribution in [0.4, 0.5) is 0 Å². The van der Waals surface area contributed by atoms with E-state index in [1.165, 1.54) is 6.92 Å². The SMILES string of the molecule is CC(=O)c1cc2cccc(OCC(=O)O)c2o1. The van der Waals surface area contributed by atoms with Crippen molar-refractivity contribution in [2.45, 2.75) is 6.92 Å². The van der Waals surface area contributed by atoms with Gasteiger partial charge in [0.05, 0.1) is 0 Å². The molecule has 1 N–H and O–H groups in total. The number of carboxylic acids is 1. The lowest BCUT2D eigenvalue weighted by Gasteiger charge is -2.02. The molecular formula is C12H10O5. The van der Waals surface area contributed by atoms with E-state index >= 15 is 0 Å². The summed E-state index contributed by atoms with van der Waals surface area (Å²) in [6, 6.07) is 6.67. The van der Waals surface area contributed by atoms with Gasteiger partial charge in [0, 0.05) is 12.3 Å². The molecule has 5 heteroatoms. The molecule has 0 atom stereocenters. The van der Waals surface area contributed by atoms with Crippen LogP contribution < -0.4 is 4.74 Å². The zero-order valence-corrected chi connectivity index (χ0v) is 9.10. The molecule has 5 nitrogen and oxygen atoms in total. The maximum atomic E-state index is 11.2. The number of ketones is 1. The summed E-state index contributed by atoms with van der Waals surface area (Å²) in [5, 5.41) is 9.24. The predicted octanol–water partition coefficient (Wildman–Crippen LogP) is 2.10. The first-order valence-corrected chi connectivity index (χ1v) is 4.96. The molecule has 0 spiro atoms. The van der Waals surface area contributed by atoms with Gasteiger partial charge in [0.2, 0.25) is 0 Å². The summed E-state index contributed by atoms with van der Waals surface area (Å²) in [6.45, 7) is 0.949. The van der Waals surface area contributed by atoms with Crippen molar-refractivity contribution in [1.29, 1.82) is 0 Å². The number of benzene rings is 1. The van der Waals surface area contributed by atoms with Gasteiger partial charge in [-0.15, -0.1) is 0 Å². The van der Waals surface area contributed by atoms with E-state index in [-0.39, 0.29) is 11.5 Å². The fourth-order valence-electron chi connectivity index (χ4n) is 1.46. The quantitative estimate of drug-likeness (QED) is 0.819. The van der Waals surface area contributed by atoms with Crippen molar-refractivity contribution in [2.75, 3.05) is 6.61 Å². The van der Waals surface area contributed by atoms with Crippen LogP contribution in [0.2, 0.25) is 0 Å². The largest absolute Gasteiger partial charge is 0.479 e. The third kappa shape index (κ3) is 2.28. The number of furan rings is 1. The topological polar surface area (TPSA) is 76.7 Å². The van der Waals surface area contributed by atoms with Crippen molar-refractivity contribution in [2.24, 2.45) is 0 Å². The van der Waals surface area contributed by atoms with Gasteiger partial charge in [-0.05, 0) is 12.1 Å². The Balaban J connectivity index is 2.42. The maximum Gasteiger partial charge on any atom is 0.341 e. The zero-order chi connectivity index (χ0) is 12.4. The van der Waals surface area contributed by atoms with E-state index in [4.69, 9.17) is 14.3 Å². The molecule has 0 fully saturated rings. The van der Waals surface area contributed by atoms with Crippen molar-refractivity contribution >= 4 is 22.7 Å². The minimum Gasteiger partial charge on any atom is -0.479 e. The van der Waals surface area contributed by atoms with E-state index in [1.54, 1.807) is 24.3 Å². The first kappa shape index (κ1) is 11.2. The maximum absolute atomic E-state index is 11.2. The summed E-state index contributed by atoms with van der Waals surface area (Å²) in [5.41, 5.74) is 0.388. The molecule has 0 amide bonds. The molecule has 88 valence electrons. The standard InChI is InChI=1S/C12H10O5/c1-7(13)10-5-8-3-2-4-9(12(8)17-10)16-6-11(14)15/h2-5H,6H2,1H3,(H,14,15). The predicted molar refractivity (Wildman–Crippen MR) is 59.3 cm³/mol. The van der Waals surface area contributed by atoms with Crippen LogP contribution in [0.1, 0.15) is 17.5 Å². The van der Waals surface area contributed by atoms with Gasteiger partial charge in [-0.2, -0.15) is 0 Å². The third-order valence-electron chi connectivity index (χ3n) is 2.21. The minimum atomic E-state index is -1.07. The number of carbonyl (C=O) groups excluding carboxylic acids is 1. The number of hydrogen-bond acceptors (Lipinski definition) is 4. The van der Waals surface area contributed by atoms with Crippen molar-refractivity contribution in [1.82, 2.24) is 0 Å². The molecule has 0 radical (unpaired) electrons. The molecule has 1 aromatic carbocycles. The number of Topliss-reactive ketones (excluding diaryl/α,β-unsaturated/α-hetero) is 1. The average molecular weight is 234 g/mol. The van der Waals surface area contributed by atoms with Crippen LogP contribution in [-0.4, -0.2) is 23.5 Å². The van der Waals surface area contributed by atoms with Gasteiger partial charge < -0.3 is 14.3 Å². The molecule has 0 bridgehead atoms. The Morgan fingerprint density at radius 3 is 2.82 bits per heavy atom. The number of ether oxygens (including phenoxy) is 1. The minimum absolute atomic E-state index is 0.189. The second-order valence-corrected chi connectivity index (χ2v) is 3.52. The molecule has 0 saturated heterocycles. The van der Waals surface area contributed by atoms with Crippen LogP contribution in [0.15, 0.2) is 28.7 Å². The Hall–Kier alpha value is -2.30. The van der Waals surface area contributed by atoms with E-state index in [9.17, 15) is 9.59 Å². The van der Waals surface area contributed by atoms with Gasteiger partial charge >= 0.3 is 5.97 Å². The van der Waals surface area contributed by atoms with Crippen LogP contribution in [0.5, 0.6) is 5.75 Å². The molecule has 0 aliphatic rings. The number of hydrogen-bond donors (Lipinski definition) is 1. The molecule has 0 unspecified atom stereocenters. The normalized spacial score (nSPS) is 10.4. The molecule has 17 heavy (non-hydrogen) atoms. The number of rotatable bonds is 4. The van der Waals surface area contributed by atoms with Gasteiger partial charge in [-0.25, -0.2) is 4.79 Å². The fourth-order valence-corrected chi connectivity index (χ4v) is 1.46. The summed E-state index contributed by atoms with van der Waals surface area (Å²) in [5.74, 6) is -0.713. The highest BCUT2D eigenvalue weighted by atomic mass is 16.5. The molecule has 2 rings (SSSR count). The van der Waals surface area contributed by atoms with Crippen LogP contribution in [0.3, 0.4) is 0 Å². The lowest BCUT2D eigenvalue weighted by Crippen LogP contribution is -2.09. The van der Waals surface area contributed by atoms with Gasteiger partial charge in [0.15, 0.2) is 29.5 Å². The molecule has 1 aromatic heterocycles. The number of carboxylic acid groups (broad SMARTS) is 1. The summed E-state index contributed by atoms with van der Waals surface area (Å²) in [4.78, 5) is 21.6. The lowest BCUT2D eigenvalue weighted by atomic mass is 10.2. The summed E-state index contributed by atoms with van der Waals surface area (Å²) < 4.78 is 10.4. The molecule has 0 aliphatic carbocycles. The Kier molecular flexibility index (Phi) is 2.82. The van der Waals surface area contributed by atoms with Crippen LogP contribution in [0, 0.1) is 0 Å². The fraction of sp³-hybridized carbons (Fsp3) is 0.167. The van der Waals surface area contributed by atoms with Crippen molar-refractivity contribution in [3.8, 4) is 5.75 Å². The third-order valence-corrected chi connectivity index (χ3v) is 2.21. The Morgan fingerprint density at radius 1 is 1.41 bits per heavy atom. The highest BCUT2D eigenvalue weighted by molar-refractivity contribution is 5.97. The van der Waals surface area contributed by atoms with Crippen molar-refractivity contribution in [3.05, 3.63) is 30.0 Å². The van der Waals surface area contributed by atoms with Crippen LogP contribution >= 0.6 is 0 Å². The number of carbonyl (C=O) groups is 2. The molecule has 0 aliphatic heterocycles. The van der Waals surface area contributed by atoms with E-state index in [0.717, 1.165) is 0 Å². The average Bonchev–Trinajstić information content (AvgIpc) is 2.70. The Labute approximate surface area is 96.6 Å². The molecule has 1 heterocycles. The summed E-state index contributed by atoms with van der Waals surface area (Å²) in [6.07, 6.45) is 0. The zero-order valence-electron chi connectivity index (χ0n) is 9.10. The number of aliphatic carboxylic acids is 1. The lowest BCUT2D eigenvalue weighted by molar-refractivity contribution is -0.139. The van der Waals surface area contributed by atoms with Gasteiger partial charge in [0.25, 0.3) is 0 Å². The monoisotopic (exact) mass is 234 g/mol. The molecule has 0 saturated carbocycles. The highest BCUT2D eigenvalue weighted by Gasteiger charge is 2.12. The highest BCUT2D eigenvalue weighted by Crippen LogP contribution is 2.28.